The van der Waals surface area contributed by atoms with Crippen molar-refractivity contribution >= 4 is 17.7 Å². The van der Waals surface area contributed by atoms with Gasteiger partial charge in [0.25, 0.3) is 0 Å². The molecule has 1 aromatic carbocycles. The summed E-state index contributed by atoms with van der Waals surface area (Å²) in [5, 5.41) is 2.60. The zero-order valence-corrected chi connectivity index (χ0v) is 9.47. The highest BCUT2D eigenvalue weighted by Gasteiger charge is 2.05. The Morgan fingerprint density at radius 1 is 1.47 bits per heavy atom. The summed E-state index contributed by atoms with van der Waals surface area (Å²) in [5.41, 5.74) is 5.67. The number of carbonyl (C=O) groups is 1. The highest BCUT2D eigenvalue weighted by molar-refractivity contribution is 5.72. The van der Waals surface area contributed by atoms with Gasteiger partial charge in [0, 0.05) is 25.1 Å². The Morgan fingerprint density at radius 3 is 2.82 bits per heavy atom. The van der Waals surface area contributed by atoms with Crippen LogP contribution >= 0.6 is 0 Å². The summed E-state index contributed by atoms with van der Waals surface area (Å²) in [6.45, 7) is 1.90. The molecular weight excluding hydrogens is 226 g/mol. The van der Waals surface area contributed by atoms with Gasteiger partial charge in [-0.05, 0) is 12.5 Å². The van der Waals surface area contributed by atoms with Crippen molar-refractivity contribution in [2.75, 3.05) is 12.3 Å². The minimum absolute atomic E-state index is 0.0813. The average Bonchev–Trinajstić information content (AvgIpc) is 2.23. The summed E-state index contributed by atoms with van der Waals surface area (Å²) < 4.78 is 26.0. The molecule has 1 rings (SSSR count). The molecule has 0 spiro atoms. The van der Waals surface area contributed by atoms with Crippen LogP contribution in [-0.4, -0.2) is 12.5 Å². The quantitative estimate of drug-likeness (QED) is 0.625. The van der Waals surface area contributed by atoms with Crippen molar-refractivity contribution < 1.29 is 13.6 Å². The molecule has 3 N–H and O–H groups in total. The van der Waals surface area contributed by atoms with Crippen LogP contribution in [0.4, 0.5) is 14.5 Å². The Labute approximate surface area is 98.3 Å². The second kappa shape index (κ2) is 5.98. The summed E-state index contributed by atoms with van der Waals surface area (Å²) >= 11 is 0. The Kier molecular flexibility index (Phi) is 4.63. The van der Waals surface area contributed by atoms with Crippen LogP contribution in [0.5, 0.6) is 0 Å². The van der Waals surface area contributed by atoms with E-state index in [-0.39, 0.29) is 11.6 Å². The minimum atomic E-state index is -0.772. The fourth-order valence-corrected chi connectivity index (χ4v) is 1.28. The lowest BCUT2D eigenvalue weighted by Crippen LogP contribution is -2.20. The van der Waals surface area contributed by atoms with E-state index in [0.29, 0.717) is 18.5 Å². The van der Waals surface area contributed by atoms with Crippen LogP contribution in [0.25, 0.3) is 6.08 Å². The van der Waals surface area contributed by atoms with Gasteiger partial charge in [-0.2, -0.15) is 0 Å². The standard InChI is InChI=1S/C12H14F2N2O/c1-8(17)16-5-3-2-4-9-6-10(13)7-11(14)12(9)15/h2,4,6-7H,3,5,15H2,1H3,(H,16,17). The molecule has 0 aromatic heterocycles. The molecule has 0 radical (unpaired) electrons. The molecule has 0 unspecified atom stereocenters. The zero-order chi connectivity index (χ0) is 12.8. The average molecular weight is 240 g/mol. The molecule has 1 aromatic rings. The summed E-state index contributed by atoms with van der Waals surface area (Å²) in [6, 6.07) is 1.90. The smallest absolute Gasteiger partial charge is 0.216 e. The number of hydrogen-bond acceptors (Lipinski definition) is 2. The summed E-state index contributed by atoms with van der Waals surface area (Å²) in [5.74, 6) is -1.56. The van der Waals surface area contributed by atoms with E-state index in [2.05, 4.69) is 5.32 Å². The lowest BCUT2D eigenvalue weighted by Gasteiger charge is -2.02. The van der Waals surface area contributed by atoms with Crippen LogP contribution in [-0.2, 0) is 4.79 Å². The Hall–Kier alpha value is -1.91. The third-order valence-corrected chi connectivity index (χ3v) is 2.11. The van der Waals surface area contributed by atoms with E-state index in [9.17, 15) is 13.6 Å². The molecule has 3 nitrogen and oxygen atoms in total. The first-order valence-corrected chi connectivity index (χ1v) is 5.16. The van der Waals surface area contributed by atoms with Gasteiger partial charge in [-0.15, -0.1) is 0 Å². The summed E-state index contributed by atoms with van der Waals surface area (Å²) in [6.07, 6.45) is 3.79. The lowest BCUT2D eigenvalue weighted by molar-refractivity contribution is -0.118. The summed E-state index contributed by atoms with van der Waals surface area (Å²) in [7, 11) is 0. The first-order valence-electron chi connectivity index (χ1n) is 5.16. The number of amides is 1. The second-order valence-corrected chi connectivity index (χ2v) is 3.56. The first kappa shape index (κ1) is 13.2. The number of carbonyl (C=O) groups excluding carboxylic acids is 1. The molecule has 17 heavy (non-hydrogen) atoms. The maximum atomic E-state index is 13.1. The SMILES string of the molecule is CC(=O)NCCC=Cc1cc(F)cc(F)c1N. The highest BCUT2D eigenvalue weighted by atomic mass is 19.1. The van der Waals surface area contributed by atoms with Crippen LogP contribution in [0.15, 0.2) is 18.2 Å². The monoisotopic (exact) mass is 240 g/mol. The number of halogens is 2. The van der Waals surface area contributed by atoms with Gasteiger partial charge in [-0.25, -0.2) is 8.78 Å². The topological polar surface area (TPSA) is 55.1 Å². The minimum Gasteiger partial charge on any atom is -0.396 e. The van der Waals surface area contributed by atoms with Gasteiger partial charge < -0.3 is 11.1 Å². The Balaban J connectivity index is 2.62. The third kappa shape index (κ3) is 4.22. The lowest BCUT2D eigenvalue weighted by atomic mass is 10.1. The summed E-state index contributed by atoms with van der Waals surface area (Å²) in [4.78, 5) is 10.6. The van der Waals surface area contributed by atoms with E-state index in [1.165, 1.54) is 13.0 Å². The fourth-order valence-electron chi connectivity index (χ4n) is 1.28. The molecule has 0 atom stereocenters. The number of nitrogen functional groups attached to an aromatic ring is 1. The number of anilines is 1. The molecule has 0 bridgehead atoms. The van der Waals surface area contributed by atoms with E-state index in [4.69, 9.17) is 5.73 Å². The molecule has 0 aliphatic rings. The molecule has 0 aliphatic carbocycles. The van der Waals surface area contributed by atoms with E-state index in [1.54, 1.807) is 6.08 Å². The van der Waals surface area contributed by atoms with Gasteiger partial charge >= 0.3 is 0 Å². The van der Waals surface area contributed by atoms with Crippen LogP contribution in [0.3, 0.4) is 0 Å². The Morgan fingerprint density at radius 2 is 2.18 bits per heavy atom. The van der Waals surface area contributed by atoms with E-state index >= 15 is 0 Å². The molecular formula is C12H14F2N2O. The molecule has 0 saturated carbocycles. The van der Waals surface area contributed by atoms with Crippen molar-refractivity contribution in [2.45, 2.75) is 13.3 Å². The molecule has 0 heterocycles. The normalized spacial score (nSPS) is 10.8. The van der Waals surface area contributed by atoms with Crippen molar-refractivity contribution in [3.8, 4) is 0 Å². The molecule has 0 fully saturated rings. The van der Waals surface area contributed by atoms with E-state index < -0.39 is 11.6 Å². The van der Waals surface area contributed by atoms with Gasteiger partial charge in [0.15, 0.2) is 0 Å². The van der Waals surface area contributed by atoms with Crippen molar-refractivity contribution in [1.82, 2.24) is 5.32 Å². The number of nitrogens with two attached hydrogens (primary N) is 1. The van der Waals surface area contributed by atoms with Crippen LogP contribution < -0.4 is 11.1 Å². The molecule has 1 amide bonds. The van der Waals surface area contributed by atoms with E-state index in [0.717, 1.165) is 12.1 Å². The Bertz CT molecular complexity index is 444. The van der Waals surface area contributed by atoms with Gasteiger partial charge in [0.2, 0.25) is 5.91 Å². The molecule has 5 heteroatoms. The van der Waals surface area contributed by atoms with Crippen molar-refractivity contribution in [2.24, 2.45) is 0 Å². The van der Waals surface area contributed by atoms with Crippen molar-refractivity contribution in [3.05, 3.63) is 35.4 Å². The highest BCUT2D eigenvalue weighted by Crippen LogP contribution is 2.19. The number of benzene rings is 1. The van der Waals surface area contributed by atoms with Gasteiger partial charge in [0.05, 0.1) is 5.69 Å². The van der Waals surface area contributed by atoms with Crippen LogP contribution in [0, 0.1) is 11.6 Å². The largest absolute Gasteiger partial charge is 0.396 e. The number of nitrogens with one attached hydrogen (secondary N) is 1. The predicted molar refractivity (Wildman–Crippen MR) is 63.1 cm³/mol. The van der Waals surface area contributed by atoms with Crippen molar-refractivity contribution in [3.63, 3.8) is 0 Å². The zero-order valence-electron chi connectivity index (χ0n) is 9.47. The fraction of sp³-hybridized carbons (Fsp3) is 0.250. The van der Waals surface area contributed by atoms with Gasteiger partial charge in [-0.3, -0.25) is 4.79 Å². The molecule has 0 aliphatic heterocycles. The predicted octanol–water partition coefficient (Wildman–Crippen LogP) is 2.09. The molecule has 0 saturated heterocycles. The second-order valence-electron chi connectivity index (χ2n) is 3.56. The first-order chi connectivity index (χ1) is 8.00. The maximum Gasteiger partial charge on any atom is 0.216 e. The molecule has 92 valence electrons. The van der Waals surface area contributed by atoms with Crippen LogP contribution in [0.1, 0.15) is 18.9 Å². The maximum absolute atomic E-state index is 13.1. The third-order valence-electron chi connectivity index (χ3n) is 2.11. The number of rotatable bonds is 4. The van der Waals surface area contributed by atoms with Gasteiger partial charge in [-0.1, -0.05) is 12.2 Å². The van der Waals surface area contributed by atoms with E-state index in [1.807, 2.05) is 0 Å². The van der Waals surface area contributed by atoms with Crippen LogP contribution in [0.2, 0.25) is 0 Å². The van der Waals surface area contributed by atoms with Crippen molar-refractivity contribution in [1.29, 1.82) is 0 Å². The number of hydrogen-bond donors (Lipinski definition) is 2. The van der Waals surface area contributed by atoms with Gasteiger partial charge in [0.1, 0.15) is 11.6 Å².